The molecule has 0 fully saturated rings. The highest BCUT2D eigenvalue weighted by Gasteiger charge is 2.08. The Morgan fingerprint density at radius 1 is 1.29 bits per heavy atom. The van der Waals surface area contributed by atoms with Gasteiger partial charge in [-0.3, -0.25) is 4.79 Å². The molecule has 0 saturated carbocycles. The summed E-state index contributed by atoms with van der Waals surface area (Å²) in [7, 11) is 1.65. The summed E-state index contributed by atoms with van der Waals surface area (Å²) in [6.07, 6.45) is 0. The minimum Gasteiger partial charge on any atom is -0.383 e. The van der Waals surface area contributed by atoms with Gasteiger partial charge in [0.05, 0.1) is 12.3 Å². The highest BCUT2D eigenvalue weighted by molar-refractivity contribution is 5.64. The second-order valence-electron chi connectivity index (χ2n) is 5.10. The number of methoxy groups -OCH3 is 1. The highest BCUT2D eigenvalue weighted by atomic mass is 16.5. The van der Waals surface area contributed by atoms with Crippen molar-refractivity contribution in [3.05, 3.63) is 51.3 Å². The van der Waals surface area contributed by atoms with Gasteiger partial charge in [0.2, 0.25) is 0 Å². The molecule has 2 N–H and O–H groups in total. The number of H-pyrrole nitrogens is 1. The summed E-state index contributed by atoms with van der Waals surface area (Å²) in [5.74, 6) is 0. The standard InChI is InChI=1S/C16H21N3O2/c1-11-4-5-12(2)14(8-11)15-9-13(16(20)19-18-15)10-17-6-7-21-3/h4-5,8-9,17H,6-7,10H2,1-3H3,(H,19,20). The summed E-state index contributed by atoms with van der Waals surface area (Å²) in [6.45, 7) is 5.91. The van der Waals surface area contributed by atoms with E-state index in [1.165, 1.54) is 5.56 Å². The van der Waals surface area contributed by atoms with Crippen LogP contribution in [0.2, 0.25) is 0 Å². The van der Waals surface area contributed by atoms with Crippen LogP contribution in [-0.4, -0.2) is 30.5 Å². The molecule has 0 aliphatic heterocycles. The zero-order chi connectivity index (χ0) is 15.2. The van der Waals surface area contributed by atoms with Crippen LogP contribution < -0.4 is 10.9 Å². The fraction of sp³-hybridized carbons (Fsp3) is 0.375. The van der Waals surface area contributed by atoms with Gasteiger partial charge in [0, 0.05) is 31.3 Å². The highest BCUT2D eigenvalue weighted by Crippen LogP contribution is 2.22. The van der Waals surface area contributed by atoms with E-state index in [1.807, 2.05) is 19.9 Å². The van der Waals surface area contributed by atoms with E-state index >= 15 is 0 Å². The Hall–Kier alpha value is -1.98. The van der Waals surface area contributed by atoms with Crippen molar-refractivity contribution >= 4 is 0 Å². The molecule has 0 atom stereocenters. The van der Waals surface area contributed by atoms with E-state index in [0.29, 0.717) is 25.3 Å². The smallest absolute Gasteiger partial charge is 0.268 e. The third kappa shape index (κ3) is 4.00. The van der Waals surface area contributed by atoms with Crippen molar-refractivity contribution in [2.24, 2.45) is 0 Å². The van der Waals surface area contributed by atoms with Crippen molar-refractivity contribution in [3.63, 3.8) is 0 Å². The average molecular weight is 287 g/mol. The predicted molar refractivity (Wildman–Crippen MR) is 83.4 cm³/mol. The third-order valence-electron chi connectivity index (χ3n) is 3.35. The maximum atomic E-state index is 11.8. The fourth-order valence-electron chi connectivity index (χ4n) is 2.12. The van der Waals surface area contributed by atoms with Crippen LogP contribution in [0.5, 0.6) is 0 Å². The molecule has 0 spiro atoms. The molecular weight excluding hydrogens is 266 g/mol. The number of nitrogens with one attached hydrogen (secondary N) is 2. The second-order valence-corrected chi connectivity index (χ2v) is 5.10. The largest absolute Gasteiger partial charge is 0.383 e. The lowest BCUT2D eigenvalue weighted by Gasteiger charge is -2.08. The van der Waals surface area contributed by atoms with E-state index in [0.717, 1.165) is 16.8 Å². The van der Waals surface area contributed by atoms with Crippen LogP contribution in [0.3, 0.4) is 0 Å². The van der Waals surface area contributed by atoms with Crippen LogP contribution in [0.4, 0.5) is 0 Å². The Balaban J connectivity index is 2.25. The normalized spacial score (nSPS) is 10.8. The van der Waals surface area contributed by atoms with Gasteiger partial charge in [0.15, 0.2) is 0 Å². The maximum absolute atomic E-state index is 11.8. The molecular formula is C16H21N3O2. The van der Waals surface area contributed by atoms with Crippen LogP contribution in [-0.2, 0) is 11.3 Å². The van der Waals surface area contributed by atoms with Gasteiger partial charge in [-0.25, -0.2) is 5.10 Å². The monoisotopic (exact) mass is 287 g/mol. The molecule has 5 nitrogen and oxygen atoms in total. The average Bonchev–Trinajstić information content (AvgIpc) is 2.48. The number of aromatic nitrogens is 2. The molecule has 112 valence electrons. The van der Waals surface area contributed by atoms with Crippen LogP contribution in [0.25, 0.3) is 11.3 Å². The summed E-state index contributed by atoms with van der Waals surface area (Å²) >= 11 is 0. The zero-order valence-corrected chi connectivity index (χ0v) is 12.7. The van der Waals surface area contributed by atoms with E-state index in [4.69, 9.17) is 4.74 Å². The van der Waals surface area contributed by atoms with Crippen molar-refractivity contribution in [3.8, 4) is 11.3 Å². The topological polar surface area (TPSA) is 67.0 Å². The molecule has 0 aliphatic rings. The van der Waals surface area contributed by atoms with Crippen LogP contribution in [0.1, 0.15) is 16.7 Å². The van der Waals surface area contributed by atoms with Crippen molar-refractivity contribution < 1.29 is 4.74 Å². The summed E-state index contributed by atoms with van der Waals surface area (Å²) in [5.41, 5.74) is 4.66. The predicted octanol–water partition coefficient (Wildman–Crippen LogP) is 1.79. The lowest BCUT2D eigenvalue weighted by atomic mass is 10.0. The van der Waals surface area contributed by atoms with Crippen molar-refractivity contribution in [2.75, 3.05) is 20.3 Å². The van der Waals surface area contributed by atoms with Crippen LogP contribution in [0, 0.1) is 13.8 Å². The minimum absolute atomic E-state index is 0.158. The number of aryl methyl sites for hydroxylation is 2. The number of nitrogens with zero attached hydrogens (tertiary/aromatic N) is 1. The second kappa shape index (κ2) is 7.15. The summed E-state index contributed by atoms with van der Waals surface area (Å²) in [6, 6.07) is 8.06. The summed E-state index contributed by atoms with van der Waals surface area (Å²) in [5, 5.41) is 9.92. The van der Waals surface area contributed by atoms with E-state index in [9.17, 15) is 4.79 Å². The lowest BCUT2D eigenvalue weighted by molar-refractivity contribution is 0.199. The molecule has 0 unspecified atom stereocenters. The first-order chi connectivity index (χ1) is 10.1. The van der Waals surface area contributed by atoms with Gasteiger partial charge in [-0.1, -0.05) is 17.7 Å². The number of hydrogen-bond donors (Lipinski definition) is 2. The van der Waals surface area contributed by atoms with Crippen molar-refractivity contribution in [1.82, 2.24) is 15.5 Å². The first-order valence-corrected chi connectivity index (χ1v) is 6.97. The number of ether oxygens (including phenoxy) is 1. The number of rotatable bonds is 6. The Kier molecular flexibility index (Phi) is 5.25. The molecule has 21 heavy (non-hydrogen) atoms. The number of aromatic amines is 1. The number of benzene rings is 1. The SMILES string of the molecule is COCCNCc1cc(-c2cc(C)ccc2C)n[nH]c1=O. The Bertz CT molecular complexity index is 665. The Labute approximate surface area is 124 Å². The van der Waals surface area contributed by atoms with Crippen molar-refractivity contribution in [2.45, 2.75) is 20.4 Å². The molecule has 2 rings (SSSR count). The Morgan fingerprint density at radius 3 is 2.86 bits per heavy atom. The molecule has 1 aromatic heterocycles. The van der Waals surface area contributed by atoms with Crippen LogP contribution >= 0.6 is 0 Å². The van der Waals surface area contributed by atoms with E-state index in [2.05, 4.69) is 33.7 Å². The van der Waals surface area contributed by atoms with Gasteiger partial charge in [0.1, 0.15) is 0 Å². The lowest BCUT2D eigenvalue weighted by Crippen LogP contribution is -2.24. The first kappa shape index (κ1) is 15.4. The molecule has 0 amide bonds. The van der Waals surface area contributed by atoms with Gasteiger partial charge in [-0.15, -0.1) is 0 Å². The van der Waals surface area contributed by atoms with Gasteiger partial charge in [-0.2, -0.15) is 5.10 Å². The quantitative estimate of drug-likeness (QED) is 0.795. The molecule has 5 heteroatoms. The molecule has 1 aromatic carbocycles. The fourth-order valence-corrected chi connectivity index (χ4v) is 2.12. The van der Waals surface area contributed by atoms with Gasteiger partial charge in [-0.05, 0) is 31.5 Å². The molecule has 0 bridgehead atoms. The van der Waals surface area contributed by atoms with E-state index in [-0.39, 0.29) is 5.56 Å². The van der Waals surface area contributed by atoms with Crippen molar-refractivity contribution in [1.29, 1.82) is 0 Å². The molecule has 2 aromatic rings. The third-order valence-corrected chi connectivity index (χ3v) is 3.35. The van der Waals surface area contributed by atoms with E-state index < -0.39 is 0 Å². The zero-order valence-electron chi connectivity index (χ0n) is 12.7. The summed E-state index contributed by atoms with van der Waals surface area (Å²) in [4.78, 5) is 11.8. The molecule has 0 radical (unpaired) electrons. The van der Waals surface area contributed by atoms with Gasteiger partial charge < -0.3 is 10.1 Å². The molecule has 1 heterocycles. The maximum Gasteiger partial charge on any atom is 0.268 e. The number of hydrogen-bond acceptors (Lipinski definition) is 4. The van der Waals surface area contributed by atoms with E-state index in [1.54, 1.807) is 7.11 Å². The first-order valence-electron chi connectivity index (χ1n) is 6.97. The van der Waals surface area contributed by atoms with Crippen LogP contribution in [0.15, 0.2) is 29.1 Å². The Morgan fingerprint density at radius 2 is 2.10 bits per heavy atom. The molecule has 0 aliphatic carbocycles. The minimum atomic E-state index is -0.158. The van der Waals surface area contributed by atoms with Gasteiger partial charge in [0.25, 0.3) is 5.56 Å². The summed E-state index contributed by atoms with van der Waals surface area (Å²) < 4.78 is 4.97. The van der Waals surface area contributed by atoms with Gasteiger partial charge >= 0.3 is 0 Å². The molecule has 0 saturated heterocycles.